The van der Waals surface area contributed by atoms with E-state index < -0.39 is 5.67 Å². The van der Waals surface area contributed by atoms with Crippen molar-refractivity contribution in [3.05, 3.63) is 0 Å². The molecule has 2 nitrogen and oxygen atoms in total. The van der Waals surface area contributed by atoms with Gasteiger partial charge in [-0.05, 0) is 49.9 Å². The fourth-order valence-electron chi connectivity index (χ4n) is 5.11. The Morgan fingerprint density at radius 1 is 1.12 bits per heavy atom. The normalized spacial score (nSPS) is 62.0. The van der Waals surface area contributed by atoms with E-state index in [4.69, 9.17) is 10.00 Å². The molecule has 3 heteroatoms. The van der Waals surface area contributed by atoms with Crippen LogP contribution in [-0.4, -0.2) is 17.4 Å². The van der Waals surface area contributed by atoms with Crippen molar-refractivity contribution in [3.8, 4) is 6.07 Å². The quantitative estimate of drug-likeness (QED) is 0.630. The number of ether oxygens (including phenoxy) is 1. The molecule has 0 aromatic rings. The third-order valence-electron chi connectivity index (χ3n) is 5.51. The number of nitriles is 1. The lowest BCUT2D eigenvalue weighted by Gasteiger charge is -2.66. The van der Waals surface area contributed by atoms with Crippen molar-refractivity contribution >= 4 is 0 Å². The van der Waals surface area contributed by atoms with Gasteiger partial charge in [0.2, 0.25) is 0 Å². The molecule has 4 bridgehead atoms. The molecule has 86 valence electrons. The van der Waals surface area contributed by atoms with Crippen molar-refractivity contribution in [1.29, 1.82) is 5.26 Å². The summed E-state index contributed by atoms with van der Waals surface area (Å²) in [7, 11) is 0. The highest BCUT2D eigenvalue weighted by Crippen LogP contribution is 2.66. The third-order valence-corrected chi connectivity index (χ3v) is 5.51. The lowest BCUT2D eigenvalue weighted by atomic mass is 9.46. The molecule has 4 aliphatic carbocycles. The topological polar surface area (TPSA) is 33.0 Å². The molecule has 3 unspecified atom stereocenters. The predicted octanol–water partition coefficient (Wildman–Crippen LogP) is 2.59. The lowest BCUT2D eigenvalue weighted by Crippen LogP contribution is -2.69. The van der Waals surface area contributed by atoms with E-state index in [1.54, 1.807) is 0 Å². The van der Waals surface area contributed by atoms with E-state index in [-0.39, 0.29) is 11.7 Å². The zero-order chi connectivity index (χ0) is 11.0. The number of alkyl halides is 1. The molecule has 1 heterocycles. The molecule has 1 spiro atoms. The Labute approximate surface area is 94.8 Å². The second-order valence-electron chi connectivity index (χ2n) is 6.39. The number of halogens is 1. The summed E-state index contributed by atoms with van der Waals surface area (Å²) in [4.78, 5) is 0. The number of rotatable bonds is 0. The summed E-state index contributed by atoms with van der Waals surface area (Å²) in [6.07, 6.45) is 5.10. The van der Waals surface area contributed by atoms with E-state index in [2.05, 4.69) is 6.07 Å². The summed E-state index contributed by atoms with van der Waals surface area (Å²) in [5.41, 5.74) is -0.976. The van der Waals surface area contributed by atoms with E-state index in [1.165, 1.54) is 0 Å². The monoisotopic (exact) mass is 221 g/mol. The molecule has 4 saturated carbocycles. The van der Waals surface area contributed by atoms with Crippen LogP contribution in [0.3, 0.4) is 0 Å². The van der Waals surface area contributed by atoms with E-state index in [1.807, 2.05) is 0 Å². The number of hydrogen-bond acceptors (Lipinski definition) is 2. The molecular formula is C13H16FNO. The predicted molar refractivity (Wildman–Crippen MR) is 55.2 cm³/mol. The van der Waals surface area contributed by atoms with Gasteiger partial charge in [0.1, 0.15) is 11.8 Å². The summed E-state index contributed by atoms with van der Waals surface area (Å²) in [5.74, 6) is 1.39. The van der Waals surface area contributed by atoms with Gasteiger partial charge < -0.3 is 4.74 Å². The first kappa shape index (κ1) is 9.41. The zero-order valence-electron chi connectivity index (χ0n) is 9.29. The summed E-state index contributed by atoms with van der Waals surface area (Å²) in [6.45, 7) is 0. The van der Waals surface area contributed by atoms with Gasteiger partial charge in [-0.15, -0.1) is 0 Å². The van der Waals surface area contributed by atoms with Crippen molar-refractivity contribution in [2.75, 3.05) is 0 Å². The van der Waals surface area contributed by atoms with Gasteiger partial charge in [0, 0.05) is 6.42 Å². The molecule has 0 radical (unpaired) electrons. The van der Waals surface area contributed by atoms with Gasteiger partial charge in [-0.2, -0.15) is 5.26 Å². The highest BCUT2D eigenvalue weighted by molar-refractivity contribution is 5.19. The minimum atomic E-state index is -0.886. The number of nitrogens with zero attached hydrogens (tertiary/aromatic N) is 1. The fourth-order valence-corrected chi connectivity index (χ4v) is 5.11. The molecule has 5 fully saturated rings. The summed E-state index contributed by atoms with van der Waals surface area (Å²) >= 11 is 0. The second-order valence-corrected chi connectivity index (χ2v) is 6.39. The molecule has 0 N–H and O–H groups in total. The Bertz CT molecular complexity index is 364. The first-order chi connectivity index (χ1) is 7.63. The van der Waals surface area contributed by atoms with Crippen LogP contribution in [0.15, 0.2) is 0 Å². The molecule has 1 saturated heterocycles. The van der Waals surface area contributed by atoms with Crippen molar-refractivity contribution in [2.24, 2.45) is 17.8 Å². The smallest absolute Gasteiger partial charge is 0.147 e. The van der Waals surface area contributed by atoms with Gasteiger partial charge in [-0.25, -0.2) is 4.39 Å². The van der Waals surface area contributed by atoms with Crippen LogP contribution in [-0.2, 0) is 4.74 Å². The molecule has 3 atom stereocenters. The van der Waals surface area contributed by atoms with Gasteiger partial charge >= 0.3 is 0 Å². The summed E-state index contributed by atoms with van der Waals surface area (Å²) < 4.78 is 20.3. The maximum absolute atomic E-state index is 14.4. The van der Waals surface area contributed by atoms with Crippen molar-refractivity contribution in [3.63, 3.8) is 0 Å². The molecule has 0 aromatic carbocycles. The first-order valence-corrected chi connectivity index (χ1v) is 6.40. The van der Waals surface area contributed by atoms with Gasteiger partial charge in [0.25, 0.3) is 0 Å². The van der Waals surface area contributed by atoms with Crippen LogP contribution in [0, 0.1) is 29.1 Å². The Hall–Kier alpha value is -0.620. The standard InChI is InChI=1S/C13H16FNO/c14-12-3-8-1-9(4-12)13(10(2-8)5-12)6-11(7-15)16-13/h8-11H,1-6H2. The maximum Gasteiger partial charge on any atom is 0.147 e. The Kier molecular flexibility index (Phi) is 1.54. The van der Waals surface area contributed by atoms with E-state index in [0.29, 0.717) is 30.6 Å². The van der Waals surface area contributed by atoms with E-state index in [0.717, 1.165) is 25.7 Å². The number of hydrogen-bond donors (Lipinski definition) is 0. The minimum absolute atomic E-state index is 0.0904. The van der Waals surface area contributed by atoms with Gasteiger partial charge in [0.05, 0.1) is 11.7 Å². The molecule has 5 aliphatic rings. The first-order valence-electron chi connectivity index (χ1n) is 6.40. The van der Waals surface area contributed by atoms with Gasteiger partial charge in [-0.3, -0.25) is 0 Å². The Balaban J connectivity index is 1.66. The van der Waals surface area contributed by atoms with Gasteiger partial charge in [-0.1, -0.05) is 0 Å². The largest absolute Gasteiger partial charge is 0.356 e. The minimum Gasteiger partial charge on any atom is -0.356 e. The SMILES string of the molecule is N#CC1CC2(O1)C1CC3CC2CC(F)(C3)C1. The Morgan fingerprint density at radius 2 is 1.75 bits per heavy atom. The van der Waals surface area contributed by atoms with Crippen LogP contribution in [0.4, 0.5) is 4.39 Å². The van der Waals surface area contributed by atoms with Crippen LogP contribution in [0.2, 0.25) is 0 Å². The van der Waals surface area contributed by atoms with Crippen LogP contribution in [0.25, 0.3) is 0 Å². The van der Waals surface area contributed by atoms with E-state index in [9.17, 15) is 4.39 Å². The van der Waals surface area contributed by atoms with Crippen LogP contribution in [0.1, 0.15) is 38.5 Å². The van der Waals surface area contributed by atoms with Crippen molar-refractivity contribution in [1.82, 2.24) is 0 Å². The van der Waals surface area contributed by atoms with E-state index >= 15 is 0 Å². The van der Waals surface area contributed by atoms with Crippen molar-refractivity contribution in [2.45, 2.75) is 55.9 Å². The molecular weight excluding hydrogens is 205 g/mol. The van der Waals surface area contributed by atoms with Crippen LogP contribution in [0.5, 0.6) is 0 Å². The molecule has 0 amide bonds. The lowest BCUT2D eigenvalue weighted by molar-refractivity contribution is -0.303. The second kappa shape index (κ2) is 2.61. The highest BCUT2D eigenvalue weighted by Gasteiger charge is 2.67. The maximum atomic E-state index is 14.4. The molecule has 16 heavy (non-hydrogen) atoms. The molecule has 1 aliphatic heterocycles. The Morgan fingerprint density at radius 3 is 2.25 bits per heavy atom. The summed E-state index contributed by atoms with van der Waals surface area (Å²) in [5, 5.41) is 8.83. The van der Waals surface area contributed by atoms with Gasteiger partial charge in [0.15, 0.2) is 0 Å². The molecule has 5 rings (SSSR count). The van der Waals surface area contributed by atoms with Crippen LogP contribution >= 0.6 is 0 Å². The highest BCUT2D eigenvalue weighted by atomic mass is 19.1. The van der Waals surface area contributed by atoms with Crippen LogP contribution < -0.4 is 0 Å². The average molecular weight is 221 g/mol. The third kappa shape index (κ3) is 0.953. The zero-order valence-corrected chi connectivity index (χ0v) is 9.29. The van der Waals surface area contributed by atoms with Crippen molar-refractivity contribution < 1.29 is 9.13 Å². The molecule has 0 aromatic heterocycles. The summed E-state index contributed by atoms with van der Waals surface area (Å²) in [6, 6.07) is 2.18. The fraction of sp³-hybridized carbons (Fsp3) is 0.923. The average Bonchev–Trinajstić information content (AvgIpc) is 2.12.